The number of rotatable bonds is 4. The fourth-order valence-corrected chi connectivity index (χ4v) is 1.79. The molecule has 104 valence electrons. The van der Waals surface area contributed by atoms with Crippen LogP contribution in [0.5, 0.6) is 5.75 Å². The Morgan fingerprint density at radius 1 is 1.20 bits per heavy atom. The van der Waals surface area contributed by atoms with Crippen molar-refractivity contribution in [2.75, 3.05) is 18.2 Å². The van der Waals surface area contributed by atoms with Crippen LogP contribution in [0.2, 0.25) is 0 Å². The minimum absolute atomic E-state index is 0.247. The fourth-order valence-electron chi connectivity index (χ4n) is 1.79. The highest BCUT2D eigenvalue weighted by Crippen LogP contribution is 2.30. The van der Waals surface area contributed by atoms with Crippen LogP contribution in [0.4, 0.5) is 21.5 Å². The number of primary amides is 1. The van der Waals surface area contributed by atoms with Crippen LogP contribution in [0.15, 0.2) is 36.4 Å². The van der Waals surface area contributed by atoms with E-state index in [9.17, 15) is 9.18 Å². The van der Waals surface area contributed by atoms with Gasteiger partial charge in [0.15, 0.2) is 0 Å². The van der Waals surface area contributed by atoms with Crippen molar-refractivity contribution in [3.63, 3.8) is 0 Å². The summed E-state index contributed by atoms with van der Waals surface area (Å²) in [5.41, 5.74) is 12.6. The van der Waals surface area contributed by atoms with Crippen LogP contribution < -0.4 is 21.5 Å². The van der Waals surface area contributed by atoms with Gasteiger partial charge in [-0.1, -0.05) is 0 Å². The van der Waals surface area contributed by atoms with Crippen molar-refractivity contribution in [2.45, 2.75) is 0 Å². The number of methoxy groups -OCH3 is 1. The van der Waals surface area contributed by atoms with Crippen molar-refractivity contribution < 1.29 is 13.9 Å². The highest BCUT2D eigenvalue weighted by atomic mass is 19.1. The normalized spacial score (nSPS) is 10.1. The SMILES string of the molecule is COc1cc(F)ccc1Nc1ccc(N)cc1C(N)=O. The molecule has 0 bridgehead atoms. The average molecular weight is 275 g/mol. The highest BCUT2D eigenvalue weighted by molar-refractivity contribution is 6.00. The number of nitrogen functional groups attached to an aromatic ring is 1. The van der Waals surface area contributed by atoms with Crippen molar-refractivity contribution in [2.24, 2.45) is 5.73 Å². The van der Waals surface area contributed by atoms with Gasteiger partial charge < -0.3 is 21.5 Å². The predicted octanol–water partition coefficient (Wildman–Crippen LogP) is 2.26. The number of ether oxygens (including phenoxy) is 1. The third-order valence-electron chi connectivity index (χ3n) is 2.74. The maximum Gasteiger partial charge on any atom is 0.250 e. The van der Waals surface area contributed by atoms with Crippen LogP contribution in [0, 0.1) is 5.82 Å². The molecule has 2 rings (SSSR count). The van der Waals surface area contributed by atoms with Crippen molar-refractivity contribution in [1.82, 2.24) is 0 Å². The van der Waals surface area contributed by atoms with E-state index in [1.807, 2.05) is 0 Å². The highest BCUT2D eigenvalue weighted by Gasteiger charge is 2.11. The van der Waals surface area contributed by atoms with Gasteiger partial charge in [0.2, 0.25) is 0 Å². The monoisotopic (exact) mass is 275 g/mol. The first-order valence-electron chi connectivity index (χ1n) is 5.81. The van der Waals surface area contributed by atoms with E-state index in [4.69, 9.17) is 16.2 Å². The summed E-state index contributed by atoms with van der Waals surface area (Å²) in [6, 6.07) is 8.76. The molecule has 0 unspecified atom stereocenters. The van der Waals surface area contributed by atoms with Crippen molar-refractivity contribution in [3.8, 4) is 5.75 Å². The van der Waals surface area contributed by atoms with Crippen molar-refractivity contribution in [3.05, 3.63) is 47.8 Å². The first kappa shape index (κ1) is 13.7. The Kier molecular flexibility index (Phi) is 3.74. The minimum Gasteiger partial charge on any atom is -0.494 e. The first-order chi connectivity index (χ1) is 9.51. The molecule has 0 saturated carbocycles. The molecule has 1 amide bonds. The van der Waals surface area contributed by atoms with E-state index >= 15 is 0 Å². The molecule has 0 aliphatic carbocycles. The largest absolute Gasteiger partial charge is 0.494 e. The standard InChI is InChI=1S/C14H14FN3O2/c1-20-13-6-8(15)2-4-12(13)18-11-5-3-9(16)7-10(11)14(17)19/h2-7,18H,16H2,1H3,(H2,17,19). The molecule has 0 aromatic heterocycles. The van der Waals surface area contributed by atoms with E-state index < -0.39 is 11.7 Å². The van der Waals surface area contributed by atoms with Crippen LogP contribution in [0.25, 0.3) is 0 Å². The third-order valence-corrected chi connectivity index (χ3v) is 2.74. The second-order valence-electron chi connectivity index (χ2n) is 4.14. The van der Waals surface area contributed by atoms with E-state index in [1.165, 1.54) is 31.4 Å². The van der Waals surface area contributed by atoms with E-state index in [0.717, 1.165) is 0 Å². The molecule has 5 nitrogen and oxygen atoms in total. The third kappa shape index (κ3) is 2.80. The van der Waals surface area contributed by atoms with E-state index in [0.29, 0.717) is 22.8 Å². The molecule has 0 radical (unpaired) electrons. The Morgan fingerprint density at radius 3 is 2.55 bits per heavy atom. The van der Waals surface area contributed by atoms with E-state index in [2.05, 4.69) is 5.32 Å². The van der Waals surface area contributed by atoms with E-state index in [-0.39, 0.29) is 5.56 Å². The van der Waals surface area contributed by atoms with Gasteiger partial charge in [0.05, 0.1) is 24.0 Å². The summed E-state index contributed by atoms with van der Waals surface area (Å²) >= 11 is 0. The number of nitrogens with one attached hydrogen (secondary N) is 1. The molecule has 2 aromatic carbocycles. The van der Waals surface area contributed by atoms with Crippen LogP contribution >= 0.6 is 0 Å². The number of halogens is 1. The zero-order chi connectivity index (χ0) is 14.7. The zero-order valence-corrected chi connectivity index (χ0v) is 10.8. The van der Waals surface area contributed by atoms with Gasteiger partial charge in [-0.25, -0.2) is 4.39 Å². The summed E-state index contributed by atoms with van der Waals surface area (Å²) in [5, 5.41) is 2.98. The number of nitrogens with two attached hydrogens (primary N) is 2. The average Bonchev–Trinajstić information content (AvgIpc) is 2.42. The second kappa shape index (κ2) is 5.48. The lowest BCUT2D eigenvalue weighted by atomic mass is 10.1. The topological polar surface area (TPSA) is 90.4 Å². The Hall–Kier alpha value is -2.76. The van der Waals surface area contributed by atoms with Crippen LogP contribution in [0.1, 0.15) is 10.4 Å². The maximum absolute atomic E-state index is 13.1. The number of amides is 1. The molecule has 6 heteroatoms. The van der Waals surface area contributed by atoms with E-state index in [1.54, 1.807) is 12.1 Å². The number of anilines is 3. The summed E-state index contributed by atoms with van der Waals surface area (Å²) in [4.78, 5) is 11.4. The van der Waals surface area contributed by atoms with Crippen molar-refractivity contribution in [1.29, 1.82) is 0 Å². The van der Waals surface area contributed by atoms with Gasteiger partial charge >= 0.3 is 0 Å². The number of benzene rings is 2. The molecular formula is C14H14FN3O2. The van der Waals surface area contributed by atoms with Gasteiger partial charge in [0.25, 0.3) is 5.91 Å². The summed E-state index contributed by atoms with van der Waals surface area (Å²) in [6.45, 7) is 0. The quantitative estimate of drug-likeness (QED) is 0.746. The molecule has 20 heavy (non-hydrogen) atoms. The molecule has 2 aromatic rings. The Morgan fingerprint density at radius 2 is 1.90 bits per heavy atom. The van der Waals surface area contributed by atoms with Gasteiger partial charge in [-0.05, 0) is 30.3 Å². The summed E-state index contributed by atoms with van der Waals surface area (Å²) in [7, 11) is 1.43. The Balaban J connectivity index is 2.42. The minimum atomic E-state index is -0.610. The molecule has 0 saturated heterocycles. The molecule has 0 aliphatic heterocycles. The predicted molar refractivity (Wildman–Crippen MR) is 75.6 cm³/mol. The zero-order valence-electron chi connectivity index (χ0n) is 10.8. The Labute approximate surface area is 115 Å². The lowest BCUT2D eigenvalue weighted by Gasteiger charge is -2.13. The number of carbonyl (C=O) groups excluding carboxylic acids is 1. The maximum atomic E-state index is 13.1. The first-order valence-corrected chi connectivity index (χ1v) is 5.81. The molecular weight excluding hydrogens is 261 g/mol. The lowest BCUT2D eigenvalue weighted by Crippen LogP contribution is -2.14. The number of hydrogen-bond donors (Lipinski definition) is 3. The van der Waals surface area contributed by atoms with Crippen LogP contribution in [0.3, 0.4) is 0 Å². The molecule has 0 fully saturated rings. The smallest absolute Gasteiger partial charge is 0.250 e. The molecule has 0 spiro atoms. The van der Waals surface area contributed by atoms with Gasteiger partial charge in [0.1, 0.15) is 11.6 Å². The molecule has 5 N–H and O–H groups in total. The van der Waals surface area contributed by atoms with Crippen LogP contribution in [-0.4, -0.2) is 13.0 Å². The van der Waals surface area contributed by atoms with Gasteiger partial charge in [0, 0.05) is 11.8 Å². The fraction of sp³-hybridized carbons (Fsp3) is 0.0714. The molecule has 0 aliphatic rings. The second-order valence-corrected chi connectivity index (χ2v) is 4.14. The molecule has 0 atom stereocenters. The summed E-state index contributed by atoms with van der Waals surface area (Å²) in [5.74, 6) is -0.710. The number of carbonyl (C=O) groups is 1. The van der Waals surface area contributed by atoms with Crippen molar-refractivity contribution >= 4 is 23.0 Å². The lowest BCUT2D eigenvalue weighted by molar-refractivity contribution is 0.100. The Bertz CT molecular complexity index is 659. The molecule has 0 heterocycles. The summed E-state index contributed by atoms with van der Waals surface area (Å²) < 4.78 is 18.2. The van der Waals surface area contributed by atoms with Gasteiger partial charge in [-0.3, -0.25) is 4.79 Å². The van der Waals surface area contributed by atoms with Gasteiger partial charge in [-0.15, -0.1) is 0 Å². The van der Waals surface area contributed by atoms with Gasteiger partial charge in [-0.2, -0.15) is 0 Å². The van der Waals surface area contributed by atoms with Crippen LogP contribution in [-0.2, 0) is 0 Å². The number of hydrogen-bond acceptors (Lipinski definition) is 4. The summed E-state index contributed by atoms with van der Waals surface area (Å²) in [6.07, 6.45) is 0.